The molecular formula is C9H17NO2. The molecule has 0 spiro atoms. The molecule has 70 valence electrons. The third-order valence-corrected chi connectivity index (χ3v) is 1.46. The van der Waals surface area contributed by atoms with E-state index >= 15 is 0 Å². The Balaban J connectivity index is 4.07. The van der Waals surface area contributed by atoms with Crippen molar-refractivity contribution in [3.05, 3.63) is 25.7 Å². The van der Waals surface area contributed by atoms with Crippen molar-refractivity contribution in [2.75, 3.05) is 14.1 Å². The normalized spacial score (nSPS) is 15.0. The summed E-state index contributed by atoms with van der Waals surface area (Å²) in [6, 6.07) is 0. The first-order valence-corrected chi connectivity index (χ1v) is 3.82. The van der Waals surface area contributed by atoms with Gasteiger partial charge in [-0.25, -0.2) is 0 Å². The Morgan fingerprint density at radius 3 is 2.00 bits per heavy atom. The molecule has 0 aliphatic rings. The maximum absolute atomic E-state index is 5.23. The van der Waals surface area contributed by atoms with E-state index in [1.165, 1.54) is 12.5 Å². The molecule has 0 bridgehead atoms. The molecular weight excluding hydrogens is 154 g/mol. The first-order chi connectivity index (χ1) is 5.63. The van der Waals surface area contributed by atoms with Gasteiger partial charge in [-0.3, -0.25) is 4.90 Å². The largest absolute Gasteiger partial charge is 0.494 e. The van der Waals surface area contributed by atoms with Gasteiger partial charge in [0.15, 0.2) is 6.23 Å². The van der Waals surface area contributed by atoms with Gasteiger partial charge in [-0.05, 0) is 21.0 Å². The van der Waals surface area contributed by atoms with Crippen LogP contribution >= 0.6 is 0 Å². The Bertz CT molecular complexity index is 145. The number of likely N-dealkylation sites (N-methyl/N-ethyl adjacent to an activating group) is 1. The summed E-state index contributed by atoms with van der Waals surface area (Å²) in [6.07, 6.45) is 2.64. The first kappa shape index (κ1) is 11.0. The van der Waals surface area contributed by atoms with Crippen LogP contribution in [0.15, 0.2) is 25.7 Å². The molecule has 0 N–H and O–H groups in total. The summed E-state index contributed by atoms with van der Waals surface area (Å²) in [4.78, 5) is 1.91. The number of ether oxygens (including phenoxy) is 2. The zero-order valence-corrected chi connectivity index (χ0v) is 7.99. The Labute approximate surface area is 74.3 Å². The van der Waals surface area contributed by atoms with Crippen molar-refractivity contribution >= 4 is 0 Å². The summed E-state index contributed by atoms with van der Waals surface area (Å²) >= 11 is 0. The third kappa shape index (κ3) is 3.44. The zero-order chi connectivity index (χ0) is 9.56. The highest BCUT2D eigenvalue weighted by Crippen LogP contribution is 2.06. The fourth-order valence-electron chi connectivity index (χ4n) is 0.970. The van der Waals surface area contributed by atoms with Crippen LogP contribution in [0.25, 0.3) is 0 Å². The average Bonchev–Trinajstić information content (AvgIpc) is 1.99. The van der Waals surface area contributed by atoms with Crippen LogP contribution in [0.1, 0.15) is 6.92 Å². The van der Waals surface area contributed by atoms with Gasteiger partial charge in [-0.2, -0.15) is 0 Å². The Kier molecular flexibility index (Phi) is 5.21. The molecule has 0 aliphatic carbocycles. The highest BCUT2D eigenvalue weighted by Gasteiger charge is 2.19. The second-order valence-electron chi connectivity index (χ2n) is 2.66. The van der Waals surface area contributed by atoms with Crippen molar-refractivity contribution in [2.24, 2.45) is 0 Å². The predicted octanol–water partition coefficient (Wildman–Crippen LogP) is 1.58. The van der Waals surface area contributed by atoms with E-state index in [4.69, 9.17) is 9.47 Å². The highest BCUT2D eigenvalue weighted by molar-refractivity contribution is 4.69. The van der Waals surface area contributed by atoms with Crippen LogP contribution < -0.4 is 0 Å². The van der Waals surface area contributed by atoms with E-state index < -0.39 is 0 Å². The van der Waals surface area contributed by atoms with Gasteiger partial charge in [0.2, 0.25) is 0 Å². The smallest absolute Gasteiger partial charge is 0.188 e. The van der Waals surface area contributed by atoms with Crippen LogP contribution in [0.5, 0.6) is 0 Å². The summed E-state index contributed by atoms with van der Waals surface area (Å²) in [5.41, 5.74) is 0. The summed E-state index contributed by atoms with van der Waals surface area (Å²) < 4.78 is 10.4. The molecule has 0 rings (SSSR count). The van der Waals surface area contributed by atoms with Crippen LogP contribution in [0.3, 0.4) is 0 Å². The molecule has 0 aliphatic heterocycles. The minimum Gasteiger partial charge on any atom is -0.494 e. The van der Waals surface area contributed by atoms with Gasteiger partial charge in [0.05, 0.1) is 12.5 Å². The molecule has 12 heavy (non-hydrogen) atoms. The number of hydrogen-bond acceptors (Lipinski definition) is 3. The van der Waals surface area contributed by atoms with E-state index in [2.05, 4.69) is 13.2 Å². The lowest BCUT2D eigenvalue weighted by atomic mass is 10.3. The molecule has 3 heteroatoms. The second-order valence-corrected chi connectivity index (χ2v) is 2.66. The Morgan fingerprint density at radius 2 is 1.67 bits per heavy atom. The molecule has 0 aromatic carbocycles. The number of hydrogen-bond donors (Lipinski definition) is 0. The summed E-state index contributed by atoms with van der Waals surface area (Å²) in [5.74, 6) is 0. The second kappa shape index (κ2) is 5.66. The minimum absolute atomic E-state index is 0.0597. The molecule has 0 aromatic heterocycles. The van der Waals surface area contributed by atoms with Crippen LogP contribution in [0.2, 0.25) is 0 Å². The van der Waals surface area contributed by atoms with Crippen LogP contribution in [0, 0.1) is 0 Å². The van der Waals surface area contributed by atoms with Gasteiger partial charge >= 0.3 is 0 Å². The third-order valence-electron chi connectivity index (χ3n) is 1.46. The lowest BCUT2D eigenvalue weighted by Gasteiger charge is -2.28. The minimum atomic E-state index is -0.125. The van der Waals surface area contributed by atoms with Gasteiger partial charge in [-0.1, -0.05) is 13.2 Å². The van der Waals surface area contributed by atoms with Gasteiger partial charge in [0.25, 0.3) is 0 Å². The van der Waals surface area contributed by atoms with E-state index in [-0.39, 0.29) is 12.3 Å². The van der Waals surface area contributed by atoms with Crippen LogP contribution in [-0.2, 0) is 9.47 Å². The van der Waals surface area contributed by atoms with Crippen molar-refractivity contribution in [3.63, 3.8) is 0 Å². The molecule has 0 amide bonds. The molecule has 0 radical (unpaired) electrons. The first-order valence-electron chi connectivity index (χ1n) is 3.82. The molecule has 0 heterocycles. The van der Waals surface area contributed by atoms with E-state index in [0.717, 1.165) is 0 Å². The van der Waals surface area contributed by atoms with E-state index in [0.29, 0.717) is 0 Å². The lowest BCUT2D eigenvalue weighted by Crippen LogP contribution is -2.39. The molecule has 2 unspecified atom stereocenters. The van der Waals surface area contributed by atoms with E-state index in [9.17, 15) is 0 Å². The molecule has 0 fully saturated rings. The van der Waals surface area contributed by atoms with E-state index in [1.807, 2.05) is 25.9 Å². The quantitative estimate of drug-likeness (QED) is 0.447. The van der Waals surface area contributed by atoms with Crippen molar-refractivity contribution in [1.29, 1.82) is 0 Å². The van der Waals surface area contributed by atoms with E-state index in [1.54, 1.807) is 0 Å². The summed E-state index contributed by atoms with van der Waals surface area (Å²) in [7, 11) is 3.83. The SMILES string of the molecule is C=COC(C)C(OC=C)N(C)C. The van der Waals surface area contributed by atoms with Gasteiger partial charge in [-0.15, -0.1) is 0 Å². The maximum Gasteiger partial charge on any atom is 0.188 e. The lowest BCUT2D eigenvalue weighted by molar-refractivity contribution is -0.0660. The van der Waals surface area contributed by atoms with Crippen LogP contribution in [0.4, 0.5) is 0 Å². The van der Waals surface area contributed by atoms with Crippen molar-refractivity contribution in [3.8, 4) is 0 Å². The van der Waals surface area contributed by atoms with Gasteiger partial charge in [0, 0.05) is 0 Å². The molecule has 2 atom stereocenters. The van der Waals surface area contributed by atoms with Gasteiger partial charge in [0.1, 0.15) is 6.10 Å². The fourth-order valence-corrected chi connectivity index (χ4v) is 0.970. The molecule has 0 aromatic rings. The molecule has 3 nitrogen and oxygen atoms in total. The van der Waals surface area contributed by atoms with Crippen LogP contribution in [-0.4, -0.2) is 31.3 Å². The van der Waals surface area contributed by atoms with Crippen molar-refractivity contribution in [1.82, 2.24) is 4.90 Å². The number of nitrogens with zero attached hydrogens (tertiary/aromatic N) is 1. The standard InChI is InChI=1S/C9H17NO2/c1-6-11-8(3)9(10(4)5)12-7-2/h6-9H,1-2H2,3-5H3. The monoisotopic (exact) mass is 171 g/mol. The average molecular weight is 171 g/mol. The van der Waals surface area contributed by atoms with Gasteiger partial charge < -0.3 is 9.47 Å². The number of rotatable bonds is 6. The zero-order valence-electron chi connectivity index (χ0n) is 7.99. The van der Waals surface area contributed by atoms with Crippen molar-refractivity contribution in [2.45, 2.75) is 19.3 Å². The summed E-state index contributed by atoms with van der Waals surface area (Å²) in [6.45, 7) is 8.89. The maximum atomic E-state index is 5.23. The Morgan fingerprint density at radius 1 is 1.17 bits per heavy atom. The molecule has 0 saturated heterocycles. The topological polar surface area (TPSA) is 21.7 Å². The Hall–Kier alpha value is -0.960. The predicted molar refractivity (Wildman–Crippen MR) is 49.5 cm³/mol. The van der Waals surface area contributed by atoms with Crippen molar-refractivity contribution < 1.29 is 9.47 Å². The highest BCUT2D eigenvalue weighted by atomic mass is 16.5. The summed E-state index contributed by atoms with van der Waals surface area (Å²) in [5, 5.41) is 0. The molecule has 0 saturated carbocycles. The fraction of sp³-hybridized carbons (Fsp3) is 0.556.